The Morgan fingerprint density at radius 1 is 1.56 bits per heavy atom. The summed E-state index contributed by atoms with van der Waals surface area (Å²) in [7, 11) is 1.42. The number of methoxy groups -OCH3 is 1. The van der Waals surface area contributed by atoms with Crippen molar-refractivity contribution in [2.24, 2.45) is 11.1 Å². The summed E-state index contributed by atoms with van der Waals surface area (Å²) in [6.45, 7) is 6.71. The second-order valence-electron chi connectivity index (χ2n) is 5.44. The lowest BCUT2D eigenvalue weighted by Gasteiger charge is -2.46. The van der Waals surface area contributed by atoms with Gasteiger partial charge in [0.1, 0.15) is 0 Å². The fourth-order valence-corrected chi connectivity index (χ4v) is 2.58. The molecule has 1 aliphatic heterocycles. The number of rotatable bonds is 3. The maximum Gasteiger partial charge on any atom is 0.306 e. The van der Waals surface area contributed by atoms with Gasteiger partial charge in [-0.2, -0.15) is 0 Å². The van der Waals surface area contributed by atoms with Crippen molar-refractivity contribution in [2.75, 3.05) is 13.7 Å². The predicted molar refractivity (Wildman–Crippen MR) is 62.0 cm³/mol. The molecule has 1 saturated heterocycles. The summed E-state index contributed by atoms with van der Waals surface area (Å²) < 4.78 is 10.4. The molecule has 0 bridgehead atoms. The highest BCUT2D eigenvalue weighted by Gasteiger charge is 2.44. The number of nitrogens with two attached hydrogens (primary N) is 1. The van der Waals surface area contributed by atoms with Crippen molar-refractivity contribution in [3.63, 3.8) is 0 Å². The normalized spacial score (nSPS) is 30.8. The van der Waals surface area contributed by atoms with E-state index in [1.807, 2.05) is 20.8 Å². The van der Waals surface area contributed by atoms with Crippen LogP contribution in [0.5, 0.6) is 0 Å². The van der Waals surface area contributed by atoms with Crippen LogP contribution in [0.2, 0.25) is 0 Å². The molecular weight excluding hydrogens is 206 g/mol. The summed E-state index contributed by atoms with van der Waals surface area (Å²) in [6, 6.07) is -0.0326. The van der Waals surface area contributed by atoms with Gasteiger partial charge in [0.2, 0.25) is 0 Å². The Balaban J connectivity index is 2.84. The molecule has 0 aromatic rings. The van der Waals surface area contributed by atoms with E-state index in [1.165, 1.54) is 7.11 Å². The molecule has 4 heteroatoms. The van der Waals surface area contributed by atoms with Crippen molar-refractivity contribution in [1.29, 1.82) is 0 Å². The number of hydrogen-bond acceptors (Lipinski definition) is 4. The van der Waals surface area contributed by atoms with E-state index in [-0.39, 0.29) is 23.0 Å². The molecule has 0 aromatic heterocycles. The molecule has 2 N–H and O–H groups in total. The van der Waals surface area contributed by atoms with E-state index < -0.39 is 0 Å². The average molecular weight is 229 g/mol. The van der Waals surface area contributed by atoms with Gasteiger partial charge in [-0.05, 0) is 33.6 Å². The van der Waals surface area contributed by atoms with Gasteiger partial charge in [-0.25, -0.2) is 0 Å². The molecule has 0 amide bonds. The summed E-state index contributed by atoms with van der Waals surface area (Å²) >= 11 is 0. The Morgan fingerprint density at radius 2 is 2.19 bits per heavy atom. The van der Waals surface area contributed by atoms with E-state index in [0.717, 1.165) is 12.8 Å². The first-order valence-corrected chi connectivity index (χ1v) is 5.78. The minimum Gasteiger partial charge on any atom is -0.469 e. The van der Waals surface area contributed by atoms with E-state index in [2.05, 4.69) is 0 Å². The Hall–Kier alpha value is -0.610. The van der Waals surface area contributed by atoms with E-state index in [0.29, 0.717) is 13.0 Å². The van der Waals surface area contributed by atoms with Crippen molar-refractivity contribution in [3.8, 4) is 0 Å². The molecule has 1 fully saturated rings. The minimum absolute atomic E-state index is 0.0326. The van der Waals surface area contributed by atoms with E-state index >= 15 is 0 Å². The van der Waals surface area contributed by atoms with Gasteiger partial charge in [0, 0.05) is 18.1 Å². The zero-order valence-electron chi connectivity index (χ0n) is 10.7. The Kier molecular flexibility index (Phi) is 3.97. The van der Waals surface area contributed by atoms with Crippen molar-refractivity contribution in [3.05, 3.63) is 0 Å². The van der Waals surface area contributed by atoms with Gasteiger partial charge in [0.15, 0.2) is 0 Å². The molecule has 2 atom stereocenters. The molecule has 0 spiro atoms. The van der Waals surface area contributed by atoms with Gasteiger partial charge in [-0.3, -0.25) is 4.79 Å². The Morgan fingerprint density at radius 3 is 2.62 bits per heavy atom. The number of ether oxygens (including phenoxy) is 2. The van der Waals surface area contributed by atoms with Crippen LogP contribution in [0.3, 0.4) is 0 Å². The van der Waals surface area contributed by atoms with Crippen molar-refractivity contribution in [2.45, 2.75) is 51.7 Å². The standard InChI is InChI=1S/C12H23NO3/c1-9(13)12(7-10(14)15-4)5-6-16-11(2,3)8-12/h9H,5-8,13H2,1-4H3. The van der Waals surface area contributed by atoms with Crippen LogP contribution in [0.15, 0.2) is 0 Å². The van der Waals surface area contributed by atoms with Crippen LogP contribution in [0.25, 0.3) is 0 Å². The molecule has 2 unspecified atom stereocenters. The summed E-state index contributed by atoms with van der Waals surface area (Å²) in [6.07, 6.45) is 2.00. The number of hydrogen-bond donors (Lipinski definition) is 1. The molecule has 16 heavy (non-hydrogen) atoms. The SMILES string of the molecule is COC(=O)CC1(C(C)N)CCOC(C)(C)C1. The summed E-state index contributed by atoms with van der Waals surface area (Å²) in [4.78, 5) is 11.5. The number of carbonyl (C=O) groups excluding carboxylic acids is 1. The van der Waals surface area contributed by atoms with Gasteiger partial charge in [0.25, 0.3) is 0 Å². The third kappa shape index (κ3) is 2.95. The van der Waals surface area contributed by atoms with Crippen LogP contribution in [-0.4, -0.2) is 31.3 Å². The third-order valence-corrected chi connectivity index (χ3v) is 3.56. The molecule has 4 nitrogen and oxygen atoms in total. The first-order valence-electron chi connectivity index (χ1n) is 5.78. The van der Waals surface area contributed by atoms with Gasteiger partial charge < -0.3 is 15.2 Å². The fourth-order valence-electron chi connectivity index (χ4n) is 2.58. The monoisotopic (exact) mass is 229 g/mol. The lowest BCUT2D eigenvalue weighted by atomic mass is 9.67. The molecule has 1 rings (SSSR count). The van der Waals surface area contributed by atoms with E-state index in [1.54, 1.807) is 0 Å². The highest BCUT2D eigenvalue weighted by Crippen LogP contribution is 2.43. The number of carbonyl (C=O) groups is 1. The average Bonchev–Trinajstić information content (AvgIpc) is 2.15. The highest BCUT2D eigenvalue weighted by molar-refractivity contribution is 5.70. The molecular formula is C12H23NO3. The van der Waals surface area contributed by atoms with Gasteiger partial charge >= 0.3 is 5.97 Å². The number of esters is 1. The highest BCUT2D eigenvalue weighted by atomic mass is 16.5. The van der Waals surface area contributed by atoms with Gasteiger partial charge in [0.05, 0.1) is 19.1 Å². The zero-order chi connectivity index (χ0) is 12.4. The fraction of sp³-hybridized carbons (Fsp3) is 0.917. The quantitative estimate of drug-likeness (QED) is 0.744. The van der Waals surface area contributed by atoms with Crippen molar-refractivity contribution < 1.29 is 14.3 Å². The second-order valence-corrected chi connectivity index (χ2v) is 5.44. The van der Waals surface area contributed by atoms with Crippen molar-refractivity contribution >= 4 is 5.97 Å². The molecule has 0 aromatic carbocycles. The largest absolute Gasteiger partial charge is 0.469 e. The third-order valence-electron chi connectivity index (χ3n) is 3.56. The van der Waals surface area contributed by atoms with Crippen LogP contribution in [0.1, 0.15) is 40.0 Å². The summed E-state index contributed by atoms with van der Waals surface area (Å²) in [5, 5.41) is 0. The predicted octanol–water partition coefficient (Wildman–Crippen LogP) is 1.47. The van der Waals surface area contributed by atoms with E-state index in [9.17, 15) is 4.79 Å². The molecule has 0 aliphatic carbocycles. The van der Waals surface area contributed by atoms with Gasteiger partial charge in [-0.15, -0.1) is 0 Å². The van der Waals surface area contributed by atoms with Crippen LogP contribution in [-0.2, 0) is 14.3 Å². The Bertz CT molecular complexity index is 263. The molecule has 0 radical (unpaired) electrons. The molecule has 1 aliphatic rings. The molecule has 94 valence electrons. The van der Waals surface area contributed by atoms with Crippen LogP contribution in [0, 0.1) is 5.41 Å². The first kappa shape index (κ1) is 13.5. The van der Waals surface area contributed by atoms with Crippen LogP contribution in [0.4, 0.5) is 0 Å². The minimum atomic E-state index is -0.208. The maximum absolute atomic E-state index is 11.5. The van der Waals surface area contributed by atoms with Crippen LogP contribution < -0.4 is 5.73 Å². The lowest BCUT2D eigenvalue weighted by molar-refractivity contribution is -0.152. The molecule has 0 saturated carbocycles. The zero-order valence-corrected chi connectivity index (χ0v) is 10.7. The summed E-state index contributed by atoms with van der Waals surface area (Å²) in [5.74, 6) is -0.185. The van der Waals surface area contributed by atoms with Gasteiger partial charge in [-0.1, -0.05) is 0 Å². The summed E-state index contributed by atoms with van der Waals surface area (Å²) in [5.41, 5.74) is 5.67. The lowest BCUT2D eigenvalue weighted by Crippen LogP contribution is -2.50. The van der Waals surface area contributed by atoms with E-state index in [4.69, 9.17) is 15.2 Å². The molecule has 1 heterocycles. The first-order chi connectivity index (χ1) is 7.31. The van der Waals surface area contributed by atoms with Crippen molar-refractivity contribution in [1.82, 2.24) is 0 Å². The smallest absolute Gasteiger partial charge is 0.306 e. The van der Waals surface area contributed by atoms with Crippen LogP contribution >= 0.6 is 0 Å². The maximum atomic E-state index is 11.5. The topological polar surface area (TPSA) is 61.5 Å². The second kappa shape index (κ2) is 4.72. The Labute approximate surface area is 97.5 Å².